The number of amides is 1. The number of hydrogen-bond acceptors (Lipinski definition) is 5. The number of carbonyl (C=O) groups excluding carboxylic acids is 2. The Hall–Kier alpha value is -2.75. The number of piperazine rings is 1. The molecule has 0 radical (unpaired) electrons. The monoisotopic (exact) mass is 490 g/mol. The molecule has 10 heteroatoms. The molecule has 1 atom stereocenters. The average Bonchev–Trinajstić information content (AvgIpc) is 2.84. The first-order valence-electron chi connectivity index (χ1n) is 11.4. The van der Waals surface area contributed by atoms with Gasteiger partial charge in [-0.3, -0.25) is 19.1 Å². The number of carbonyl (C=O) groups is 2. The Kier molecular flexibility index (Phi) is 8.69. The van der Waals surface area contributed by atoms with Gasteiger partial charge in [0.05, 0.1) is 23.1 Å². The van der Waals surface area contributed by atoms with Crippen LogP contribution in [0, 0.1) is 5.82 Å². The Morgan fingerprint density at radius 2 is 1.80 bits per heavy atom. The van der Waals surface area contributed by atoms with E-state index >= 15 is 0 Å². The summed E-state index contributed by atoms with van der Waals surface area (Å²) in [5, 5.41) is 0.263. The van der Waals surface area contributed by atoms with E-state index in [1.54, 1.807) is 29.2 Å². The number of anilines is 1. The van der Waals surface area contributed by atoms with Gasteiger partial charge in [0.15, 0.2) is 0 Å². The van der Waals surface area contributed by atoms with E-state index in [2.05, 4.69) is 4.98 Å². The van der Waals surface area contributed by atoms with Crippen molar-refractivity contribution in [2.75, 3.05) is 24.5 Å². The third-order valence-corrected chi connectivity index (χ3v) is 6.55. The fourth-order valence-electron chi connectivity index (χ4n) is 4.74. The Labute approximate surface area is 225 Å². The van der Waals surface area contributed by atoms with E-state index in [0.717, 1.165) is 12.8 Å². The second-order valence-electron chi connectivity index (χ2n) is 8.42. The maximum Gasteiger partial charge on any atom is 1.00 e. The van der Waals surface area contributed by atoms with Gasteiger partial charge in [-0.25, -0.2) is 9.18 Å². The first kappa shape index (κ1) is 26.8. The van der Waals surface area contributed by atoms with Gasteiger partial charge in [0.25, 0.3) is 5.56 Å². The van der Waals surface area contributed by atoms with Crippen LogP contribution in [0.25, 0.3) is 10.9 Å². The third kappa shape index (κ3) is 5.12. The second kappa shape index (κ2) is 11.3. The summed E-state index contributed by atoms with van der Waals surface area (Å²) in [5.74, 6) is -0.588. The number of aromatic amines is 1. The molecule has 1 aliphatic heterocycles. The normalized spacial score (nSPS) is 14.8. The Balaban J connectivity index is 0.00000228. The molecule has 0 spiro atoms. The molecule has 35 heavy (non-hydrogen) atoms. The van der Waals surface area contributed by atoms with E-state index in [1.807, 2.05) is 18.7 Å². The van der Waals surface area contributed by atoms with Gasteiger partial charge in [-0.1, -0.05) is 32.0 Å². The first-order valence-corrected chi connectivity index (χ1v) is 11.4. The predicted octanol–water partition coefficient (Wildman–Crippen LogP) is -0.429. The van der Waals surface area contributed by atoms with Crippen molar-refractivity contribution in [1.82, 2.24) is 14.5 Å². The predicted molar refractivity (Wildman–Crippen MR) is 129 cm³/mol. The quantitative estimate of drug-likeness (QED) is 0.358. The average molecular weight is 491 g/mol. The number of fused-ring (bicyclic) bond motifs is 1. The maximum atomic E-state index is 14.9. The molecule has 1 aliphatic rings. The van der Waals surface area contributed by atoms with E-state index in [0.29, 0.717) is 30.5 Å². The number of halogens is 1. The van der Waals surface area contributed by atoms with Crippen LogP contribution in [0.3, 0.4) is 0 Å². The molecule has 2 heterocycles. The summed E-state index contributed by atoms with van der Waals surface area (Å²) in [5.41, 5.74) is -0.409. The van der Waals surface area contributed by atoms with Crippen molar-refractivity contribution in [1.29, 1.82) is 0 Å². The molecule has 4 rings (SSSR count). The van der Waals surface area contributed by atoms with Crippen LogP contribution in [0.5, 0.6) is 0 Å². The van der Waals surface area contributed by atoms with Crippen molar-refractivity contribution in [3.05, 3.63) is 74.7 Å². The summed E-state index contributed by atoms with van der Waals surface area (Å²) in [6, 6.07) is 9.72. The van der Waals surface area contributed by atoms with Gasteiger partial charge >= 0.3 is 35.2 Å². The zero-order chi connectivity index (χ0) is 24.4. The molecular weight excluding hydrogens is 462 g/mol. The summed E-state index contributed by atoms with van der Waals surface area (Å²) < 4.78 is 16.0. The molecule has 1 unspecified atom stereocenters. The van der Waals surface area contributed by atoms with Gasteiger partial charge in [0.2, 0.25) is 5.91 Å². The minimum Gasteiger partial charge on any atom is -1.00 e. The number of para-hydroxylation sites is 1. The molecule has 1 saturated heterocycles. The molecule has 1 fully saturated rings. The van der Waals surface area contributed by atoms with Crippen LogP contribution >= 0.6 is 0 Å². The van der Waals surface area contributed by atoms with E-state index < -0.39 is 23.1 Å². The molecule has 1 amide bonds. The number of H-pyrrole nitrogens is 1. The van der Waals surface area contributed by atoms with Crippen molar-refractivity contribution in [3.63, 3.8) is 0 Å². The molecule has 1 N–H and O–H groups in total. The smallest absolute Gasteiger partial charge is 1.00 e. The first-order chi connectivity index (χ1) is 16.4. The summed E-state index contributed by atoms with van der Waals surface area (Å²) >= 11 is 0. The summed E-state index contributed by atoms with van der Waals surface area (Å²) in [6.07, 6.45) is 2.29. The molecular formula is C25H28FN4NaO4. The van der Waals surface area contributed by atoms with Crippen molar-refractivity contribution in [3.8, 4) is 0 Å². The zero-order valence-electron chi connectivity index (χ0n) is 21.2. The molecule has 2 aromatic carbocycles. The third-order valence-electron chi connectivity index (χ3n) is 6.55. The molecule has 0 saturated carbocycles. The Morgan fingerprint density at radius 1 is 1.09 bits per heavy atom. The van der Waals surface area contributed by atoms with Crippen LogP contribution in [0.2, 0.25) is 0 Å². The SMILES string of the molecule is CCC(CC)N1CCN(c2cc(C(C=O)n3c(=O)[nH]c(=O)c4ccccc43)ccc2F)CC1=O.[H-].[Na+]. The standard InChI is InChI=1S/C25H27FN4O4.Na.H/c1-3-17(4-2)29-12-11-28(14-23(29)32)21-13-16(9-10-19(21)26)22(15-31)30-20-8-6-5-7-18(20)24(33)27-25(30)34;;/h5-10,13,15,17,22H,3-4,11-12,14H2,1-2H3,(H,27,33,34);;/q;+1;-1. The van der Waals surface area contributed by atoms with Crippen LogP contribution in [0.15, 0.2) is 52.1 Å². The summed E-state index contributed by atoms with van der Waals surface area (Å²) in [6.45, 7) is 5.05. The maximum absolute atomic E-state index is 14.9. The number of hydrogen-bond donors (Lipinski definition) is 1. The van der Waals surface area contributed by atoms with Gasteiger partial charge in [-0.15, -0.1) is 0 Å². The molecule has 0 aliphatic carbocycles. The van der Waals surface area contributed by atoms with E-state index in [1.165, 1.54) is 22.8 Å². The van der Waals surface area contributed by atoms with Crippen LogP contribution < -0.4 is 45.7 Å². The number of nitrogens with one attached hydrogen (secondary N) is 1. The number of aromatic nitrogens is 2. The number of nitrogens with zero attached hydrogens (tertiary/aromatic N) is 3. The van der Waals surface area contributed by atoms with Crippen LogP contribution in [0.4, 0.5) is 10.1 Å². The van der Waals surface area contributed by atoms with E-state index in [9.17, 15) is 23.6 Å². The van der Waals surface area contributed by atoms with E-state index in [4.69, 9.17) is 0 Å². The molecule has 0 bridgehead atoms. The molecule has 3 aromatic rings. The van der Waals surface area contributed by atoms with Crippen molar-refractivity contribution < 1.29 is 45.0 Å². The fourth-order valence-corrected chi connectivity index (χ4v) is 4.74. The van der Waals surface area contributed by atoms with E-state index in [-0.39, 0.29) is 60.6 Å². The molecule has 8 nitrogen and oxygen atoms in total. The molecule has 1 aromatic heterocycles. The van der Waals surface area contributed by atoms with Crippen LogP contribution in [-0.4, -0.2) is 52.3 Å². The van der Waals surface area contributed by atoms with Gasteiger partial charge < -0.3 is 16.0 Å². The Morgan fingerprint density at radius 3 is 2.46 bits per heavy atom. The van der Waals surface area contributed by atoms with Gasteiger partial charge in [-0.05, 0) is 42.7 Å². The zero-order valence-corrected chi connectivity index (χ0v) is 22.2. The number of aldehydes is 1. The summed E-state index contributed by atoms with van der Waals surface area (Å²) in [4.78, 5) is 55.6. The van der Waals surface area contributed by atoms with Crippen molar-refractivity contribution >= 4 is 28.8 Å². The number of benzene rings is 2. The minimum absolute atomic E-state index is 0. The van der Waals surface area contributed by atoms with Gasteiger partial charge in [-0.2, -0.15) is 0 Å². The fraction of sp³-hybridized carbons (Fsp3) is 0.360. The molecule has 180 valence electrons. The minimum atomic E-state index is -1.09. The van der Waals surface area contributed by atoms with Gasteiger partial charge in [0, 0.05) is 19.1 Å². The summed E-state index contributed by atoms with van der Waals surface area (Å²) in [7, 11) is 0. The van der Waals surface area contributed by atoms with Crippen LogP contribution in [0.1, 0.15) is 39.7 Å². The van der Waals surface area contributed by atoms with Crippen molar-refractivity contribution in [2.24, 2.45) is 0 Å². The van der Waals surface area contributed by atoms with Crippen molar-refractivity contribution in [2.45, 2.75) is 38.8 Å². The van der Waals surface area contributed by atoms with Crippen LogP contribution in [-0.2, 0) is 9.59 Å². The Bertz CT molecular complexity index is 1360. The van der Waals surface area contributed by atoms with Gasteiger partial charge in [0.1, 0.15) is 18.1 Å². The topological polar surface area (TPSA) is 95.5 Å². The second-order valence-corrected chi connectivity index (χ2v) is 8.42. The largest absolute Gasteiger partial charge is 1.00 e. The number of rotatable bonds is 7.